The van der Waals surface area contributed by atoms with Crippen LogP contribution in [0.3, 0.4) is 0 Å². The van der Waals surface area contributed by atoms with Crippen LogP contribution in [0.15, 0.2) is 4.99 Å². The van der Waals surface area contributed by atoms with Crippen molar-refractivity contribution in [2.75, 3.05) is 32.2 Å². The molecule has 3 unspecified atom stereocenters. The first-order valence-corrected chi connectivity index (χ1v) is 10.8. The van der Waals surface area contributed by atoms with Crippen molar-refractivity contribution in [3.05, 3.63) is 0 Å². The van der Waals surface area contributed by atoms with Crippen LogP contribution in [0.5, 0.6) is 0 Å². The minimum atomic E-state index is -2.93. The third-order valence-corrected chi connectivity index (χ3v) is 6.45. The van der Waals surface area contributed by atoms with E-state index in [1.54, 1.807) is 7.05 Å². The number of nitrogens with one attached hydrogen (secondary N) is 2. The molecule has 1 saturated carbocycles. The Balaban J connectivity index is 1.87. The molecule has 0 aromatic rings. The molecule has 0 amide bonds. The lowest BCUT2D eigenvalue weighted by molar-refractivity contribution is -0.106. The fraction of sp³-hybridized carbons (Fsp3) is 0.941. The molecule has 0 spiro atoms. The van der Waals surface area contributed by atoms with Gasteiger partial charge < -0.3 is 15.4 Å². The van der Waals surface area contributed by atoms with E-state index in [0.29, 0.717) is 31.0 Å². The summed E-state index contributed by atoms with van der Waals surface area (Å²) in [7, 11) is -1.16. The quantitative estimate of drug-likeness (QED) is 0.554. The summed E-state index contributed by atoms with van der Waals surface area (Å²) in [6.07, 6.45) is 3.36. The van der Waals surface area contributed by atoms with E-state index in [0.717, 1.165) is 19.0 Å². The molecule has 1 aliphatic heterocycles. The van der Waals surface area contributed by atoms with E-state index >= 15 is 0 Å². The highest BCUT2D eigenvalue weighted by atomic mass is 32.2. The Morgan fingerprint density at radius 1 is 1.38 bits per heavy atom. The van der Waals surface area contributed by atoms with E-state index in [9.17, 15) is 8.42 Å². The Labute approximate surface area is 146 Å². The van der Waals surface area contributed by atoms with Crippen LogP contribution >= 0.6 is 0 Å². The monoisotopic (exact) mass is 359 g/mol. The summed E-state index contributed by atoms with van der Waals surface area (Å²) in [5.41, 5.74) is -0.0145. The van der Waals surface area contributed by atoms with E-state index in [2.05, 4.69) is 43.3 Å². The maximum Gasteiger partial charge on any atom is 0.191 e. The molecule has 24 heavy (non-hydrogen) atoms. The standard InChI is InChI=1S/C17H33N3O3S/c1-16(2,8-10-24(6,21)22)11-19-15(18-5)20-13-12-7-9-23-14(12)17(13,3)4/h12-14H,7-11H2,1-6H3,(H2,18,19,20). The maximum absolute atomic E-state index is 11.4. The minimum Gasteiger partial charge on any atom is -0.377 e. The van der Waals surface area contributed by atoms with Gasteiger partial charge in [-0.25, -0.2) is 8.42 Å². The zero-order chi connectivity index (χ0) is 18.2. The summed E-state index contributed by atoms with van der Waals surface area (Å²) in [5.74, 6) is 1.55. The summed E-state index contributed by atoms with van der Waals surface area (Å²) in [6, 6.07) is 0.357. The van der Waals surface area contributed by atoms with Gasteiger partial charge in [-0.3, -0.25) is 4.99 Å². The van der Waals surface area contributed by atoms with Crippen LogP contribution in [0.2, 0.25) is 0 Å². The average Bonchev–Trinajstić information content (AvgIpc) is 2.92. The summed E-state index contributed by atoms with van der Waals surface area (Å²) in [4.78, 5) is 4.34. The summed E-state index contributed by atoms with van der Waals surface area (Å²) < 4.78 is 28.6. The lowest BCUT2D eigenvalue weighted by atomic mass is 9.57. The van der Waals surface area contributed by atoms with Gasteiger partial charge >= 0.3 is 0 Å². The van der Waals surface area contributed by atoms with Gasteiger partial charge in [0, 0.05) is 43.8 Å². The molecule has 2 N–H and O–H groups in total. The highest BCUT2D eigenvalue weighted by molar-refractivity contribution is 7.90. The van der Waals surface area contributed by atoms with Crippen molar-refractivity contribution in [3.8, 4) is 0 Å². The van der Waals surface area contributed by atoms with Crippen molar-refractivity contribution >= 4 is 15.8 Å². The molecule has 7 heteroatoms. The van der Waals surface area contributed by atoms with Crippen LogP contribution in [-0.4, -0.2) is 58.7 Å². The first-order chi connectivity index (χ1) is 11.0. The molecule has 140 valence electrons. The Kier molecular flexibility index (Phi) is 5.55. The maximum atomic E-state index is 11.4. The second-order valence-corrected chi connectivity index (χ2v) is 10.9. The summed E-state index contributed by atoms with van der Waals surface area (Å²) in [5, 5.41) is 6.92. The Hall–Kier alpha value is -0.820. The number of nitrogens with zero attached hydrogens (tertiary/aromatic N) is 1. The molecule has 0 aromatic carbocycles. The first kappa shape index (κ1) is 19.5. The molecular weight excluding hydrogens is 326 g/mol. The summed E-state index contributed by atoms with van der Waals surface area (Å²) >= 11 is 0. The van der Waals surface area contributed by atoms with Crippen LogP contribution < -0.4 is 10.6 Å². The average molecular weight is 360 g/mol. The number of fused-ring (bicyclic) bond motifs is 1. The molecule has 2 fully saturated rings. The Morgan fingerprint density at radius 2 is 2.04 bits per heavy atom. The van der Waals surface area contributed by atoms with Crippen molar-refractivity contribution in [3.63, 3.8) is 0 Å². The molecule has 1 heterocycles. The molecule has 2 aliphatic rings. The number of aliphatic imine (C=N–C) groups is 1. The molecular formula is C17H33N3O3S. The van der Waals surface area contributed by atoms with Crippen molar-refractivity contribution in [2.45, 2.75) is 52.7 Å². The van der Waals surface area contributed by atoms with Crippen LogP contribution in [-0.2, 0) is 14.6 Å². The predicted molar refractivity (Wildman–Crippen MR) is 98.0 cm³/mol. The fourth-order valence-electron chi connectivity index (χ4n) is 3.83. The number of hydrogen-bond acceptors (Lipinski definition) is 4. The van der Waals surface area contributed by atoms with Crippen LogP contribution in [0.4, 0.5) is 0 Å². The largest absolute Gasteiger partial charge is 0.377 e. The van der Waals surface area contributed by atoms with Gasteiger partial charge in [0.25, 0.3) is 0 Å². The van der Waals surface area contributed by atoms with E-state index < -0.39 is 9.84 Å². The SMILES string of the molecule is CN=C(NCC(C)(C)CCS(C)(=O)=O)NC1C2CCOC2C1(C)C. The van der Waals surface area contributed by atoms with Crippen LogP contribution in [0.25, 0.3) is 0 Å². The van der Waals surface area contributed by atoms with E-state index in [-0.39, 0.29) is 16.6 Å². The molecule has 1 aliphatic carbocycles. The lowest BCUT2D eigenvalue weighted by Crippen LogP contribution is -2.68. The smallest absolute Gasteiger partial charge is 0.191 e. The third-order valence-electron chi connectivity index (χ3n) is 5.50. The number of ether oxygens (including phenoxy) is 1. The molecule has 0 radical (unpaired) electrons. The Bertz CT molecular complexity index is 584. The third kappa shape index (κ3) is 4.42. The number of guanidine groups is 1. The van der Waals surface area contributed by atoms with Gasteiger partial charge in [-0.2, -0.15) is 0 Å². The molecule has 0 bridgehead atoms. The van der Waals surface area contributed by atoms with Crippen LogP contribution in [0, 0.1) is 16.7 Å². The van der Waals surface area contributed by atoms with Crippen molar-refractivity contribution in [1.29, 1.82) is 0 Å². The minimum absolute atomic E-state index is 0.102. The number of sulfone groups is 1. The van der Waals surface area contributed by atoms with Crippen molar-refractivity contribution in [1.82, 2.24) is 10.6 Å². The number of rotatable bonds is 6. The normalized spacial score (nSPS) is 29.8. The van der Waals surface area contributed by atoms with Gasteiger partial charge in [-0.05, 0) is 18.3 Å². The van der Waals surface area contributed by atoms with E-state index in [4.69, 9.17) is 4.74 Å². The highest BCUT2D eigenvalue weighted by Gasteiger charge is 2.59. The van der Waals surface area contributed by atoms with Crippen molar-refractivity contribution < 1.29 is 13.2 Å². The fourth-order valence-corrected chi connectivity index (χ4v) is 4.76. The van der Waals surface area contributed by atoms with Gasteiger partial charge in [0.05, 0.1) is 11.9 Å². The van der Waals surface area contributed by atoms with Gasteiger partial charge in [0.2, 0.25) is 0 Å². The second kappa shape index (κ2) is 6.83. The van der Waals surface area contributed by atoms with E-state index in [1.807, 2.05) is 0 Å². The van der Waals surface area contributed by atoms with Crippen LogP contribution in [0.1, 0.15) is 40.5 Å². The lowest BCUT2D eigenvalue weighted by Gasteiger charge is -2.55. The summed E-state index contributed by atoms with van der Waals surface area (Å²) in [6.45, 7) is 10.2. The number of hydrogen-bond donors (Lipinski definition) is 2. The molecule has 1 saturated heterocycles. The Morgan fingerprint density at radius 3 is 2.62 bits per heavy atom. The zero-order valence-corrected chi connectivity index (χ0v) is 16.7. The molecule has 6 nitrogen and oxygen atoms in total. The van der Waals surface area contributed by atoms with E-state index in [1.165, 1.54) is 6.26 Å². The van der Waals surface area contributed by atoms with Gasteiger partial charge in [-0.1, -0.05) is 27.7 Å². The molecule has 2 rings (SSSR count). The van der Waals surface area contributed by atoms with Gasteiger partial charge in [0.1, 0.15) is 9.84 Å². The van der Waals surface area contributed by atoms with Crippen molar-refractivity contribution in [2.24, 2.45) is 21.7 Å². The van der Waals surface area contributed by atoms with Gasteiger partial charge in [-0.15, -0.1) is 0 Å². The molecule has 0 aromatic heterocycles. The predicted octanol–water partition coefficient (Wildman–Crippen LogP) is 1.43. The second-order valence-electron chi connectivity index (χ2n) is 8.66. The first-order valence-electron chi connectivity index (χ1n) is 8.73. The van der Waals surface area contributed by atoms with Gasteiger partial charge in [0.15, 0.2) is 5.96 Å². The highest BCUT2D eigenvalue weighted by Crippen LogP contribution is 2.52. The topological polar surface area (TPSA) is 79.8 Å². The zero-order valence-electron chi connectivity index (χ0n) is 15.8. The molecule has 3 atom stereocenters.